The SMILES string of the molecule is O=C(NCSCSC/N=C/[S+]([O-])CSCSCSC(=O)NCSCSC/N=C\OOCCO)OCCO. The molecule has 1 unspecified atom stereocenters. The molecule has 0 saturated carbocycles. The molecule has 0 saturated heterocycles. The van der Waals surface area contributed by atoms with E-state index in [0.717, 1.165) is 10.2 Å². The second kappa shape index (κ2) is 31.1. The van der Waals surface area contributed by atoms with Gasteiger partial charge in [0.2, 0.25) is 11.9 Å². The van der Waals surface area contributed by atoms with Crippen LogP contribution in [0.2, 0.25) is 0 Å². The van der Waals surface area contributed by atoms with E-state index in [0.29, 0.717) is 38.8 Å². The summed E-state index contributed by atoms with van der Waals surface area (Å²) in [4.78, 5) is 40.1. The quantitative estimate of drug-likeness (QED) is 0.0211. The Morgan fingerprint density at radius 3 is 2.27 bits per heavy atom. The summed E-state index contributed by atoms with van der Waals surface area (Å²) in [6.45, 7) is -0.244. The van der Waals surface area contributed by atoms with E-state index in [2.05, 4.69) is 35.1 Å². The summed E-state index contributed by atoms with van der Waals surface area (Å²) in [5, 5.41) is 25.6. The van der Waals surface area contributed by atoms with Crippen LogP contribution in [0.15, 0.2) is 9.98 Å². The number of hydrogen-bond donors (Lipinski definition) is 4. The highest BCUT2D eigenvalue weighted by Crippen LogP contribution is 2.20. The zero-order valence-corrected chi connectivity index (χ0v) is 26.4. The molecule has 0 rings (SSSR count). The zero-order chi connectivity index (χ0) is 27.2. The number of nitrogens with zero attached hydrogens (tertiary/aromatic N) is 2. The third-order valence-electron chi connectivity index (χ3n) is 2.82. The monoisotopic (exact) mass is 676 g/mol. The van der Waals surface area contributed by atoms with Crippen LogP contribution in [-0.4, -0.2) is 113 Å². The molecule has 0 bridgehead atoms. The molecule has 4 N–H and O–H groups in total. The lowest BCUT2D eigenvalue weighted by Gasteiger charge is -2.06. The number of aliphatic hydroxyl groups excluding tert-OH is 2. The fraction of sp³-hybridized carbons (Fsp3) is 0.765. The molecule has 216 valence electrons. The molecule has 0 aromatic carbocycles. The average molecular weight is 677 g/mol. The Morgan fingerprint density at radius 2 is 1.54 bits per heavy atom. The summed E-state index contributed by atoms with van der Waals surface area (Å²) in [5.41, 5.74) is 1.45. The van der Waals surface area contributed by atoms with Gasteiger partial charge in [-0.3, -0.25) is 4.79 Å². The van der Waals surface area contributed by atoms with Crippen molar-refractivity contribution < 1.29 is 38.9 Å². The van der Waals surface area contributed by atoms with Gasteiger partial charge in [0.1, 0.15) is 13.2 Å². The van der Waals surface area contributed by atoms with E-state index < -0.39 is 17.3 Å². The van der Waals surface area contributed by atoms with Gasteiger partial charge in [-0.15, -0.1) is 58.8 Å². The highest BCUT2D eigenvalue weighted by atomic mass is 32.3. The fourth-order valence-electron chi connectivity index (χ4n) is 1.47. The number of rotatable bonds is 25. The molecule has 0 aliphatic carbocycles. The summed E-state index contributed by atoms with van der Waals surface area (Å²) >= 11 is 9.36. The average Bonchev–Trinajstić information content (AvgIpc) is 2.89. The Hall–Kier alpha value is 0.520. The molecule has 0 aromatic heterocycles. The first-order chi connectivity index (χ1) is 18.1. The first kappa shape index (κ1) is 37.5. The Balaban J connectivity index is 3.42. The summed E-state index contributed by atoms with van der Waals surface area (Å²) < 4.78 is 16.6. The lowest BCUT2D eigenvalue weighted by atomic mass is 10.8. The lowest BCUT2D eigenvalue weighted by molar-refractivity contribution is -0.221. The predicted molar refractivity (Wildman–Crippen MR) is 166 cm³/mol. The molecule has 12 nitrogen and oxygen atoms in total. The van der Waals surface area contributed by atoms with Crippen LogP contribution in [0, 0.1) is 0 Å². The topological polar surface area (TPSA) is 174 Å². The number of aliphatic hydroxyl groups is 2. The predicted octanol–water partition coefficient (Wildman–Crippen LogP) is 2.91. The van der Waals surface area contributed by atoms with Crippen LogP contribution in [0.4, 0.5) is 9.59 Å². The van der Waals surface area contributed by atoms with Gasteiger partial charge in [-0.2, -0.15) is 4.89 Å². The van der Waals surface area contributed by atoms with Crippen LogP contribution in [0.25, 0.3) is 0 Å². The van der Waals surface area contributed by atoms with E-state index >= 15 is 0 Å². The number of alkyl carbamates (subject to hydrolysis) is 1. The summed E-state index contributed by atoms with van der Waals surface area (Å²) in [7, 11) is 0. The van der Waals surface area contributed by atoms with Gasteiger partial charge in [-0.25, -0.2) is 14.8 Å². The zero-order valence-electron chi connectivity index (χ0n) is 19.9. The van der Waals surface area contributed by atoms with Crippen LogP contribution in [0.3, 0.4) is 0 Å². The van der Waals surface area contributed by atoms with Crippen molar-refractivity contribution in [3.8, 4) is 0 Å². The maximum atomic E-state index is 11.9. The normalized spacial score (nSPS) is 12.2. The van der Waals surface area contributed by atoms with Crippen molar-refractivity contribution in [2.75, 3.05) is 75.4 Å². The number of ether oxygens (including phenoxy) is 1. The minimum absolute atomic E-state index is 0.0232. The molecular weight excluding hydrogens is 645 g/mol. The van der Waals surface area contributed by atoms with Crippen molar-refractivity contribution >= 4 is 117 Å². The van der Waals surface area contributed by atoms with Crippen LogP contribution < -0.4 is 10.6 Å². The van der Waals surface area contributed by atoms with Gasteiger partial charge in [0.15, 0.2) is 5.08 Å². The Bertz CT molecular complexity index is 616. The number of carbonyl (C=O) groups is 2. The maximum absolute atomic E-state index is 11.9. The molecule has 0 aromatic rings. The number of aliphatic imine (C=N–C) groups is 2. The highest BCUT2D eigenvalue weighted by molar-refractivity contribution is 8.29. The first-order valence-electron chi connectivity index (χ1n) is 10.2. The Morgan fingerprint density at radius 1 is 0.865 bits per heavy atom. The van der Waals surface area contributed by atoms with E-state index in [-0.39, 0.29) is 31.7 Å². The third kappa shape index (κ3) is 30.9. The fourth-order valence-corrected chi connectivity index (χ4v) is 8.97. The Labute approximate surface area is 250 Å². The summed E-state index contributed by atoms with van der Waals surface area (Å²) in [6.07, 6.45) is 0.623. The second-order valence-corrected chi connectivity index (χ2v) is 15.5. The maximum Gasteiger partial charge on any atom is 0.407 e. The molecule has 0 heterocycles. The van der Waals surface area contributed by atoms with Crippen LogP contribution >= 0.6 is 82.3 Å². The molecule has 0 radical (unpaired) electrons. The minimum Gasteiger partial charge on any atom is -0.610 e. The number of nitrogens with one attached hydrogen (secondary N) is 2. The summed E-state index contributed by atoms with van der Waals surface area (Å²) in [6, 6.07) is 0. The van der Waals surface area contributed by atoms with Gasteiger partial charge in [0.05, 0.1) is 36.7 Å². The highest BCUT2D eigenvalue weighted by Gasteiger charge is 2.05. The van der Waals surface area contributed by atoms with Gasteiger partial charge in [0, 0.05) is 31.5 Å². The molecular formula is C17H32N4O8S8. The van der Waals surface area contributed by atoms with Crippen LogP contribution in [0.1, 0.15) is 0 Å². The molecule has 0 aliphatic rings. The molecule has 2 amide bonds. The summed E-state index contributed by atoms with van der Waals surface area (Å²) in [5.74, 6) is 1.91. The standard InChI is InChI=1S/C17H32N4O8S8/c22-1-3-27-16(24)20-8-32-12-31-7-19-10-37(26)15-35-13-34-14-36-17(25)21-9-33-11-30-6-18-5-29-28-4-2-23/h5,10,22-23H,1-4,6-9,11-15H2,(H,20,24)(H,21,25)/b18-5-,19-10+. The van der Waals surface area contributed by atoms with Crippen molar-refractivity contribution in [1.29, 1.82) is 0 Å². The van der Waals surface area contributed by atoms with Gasteiger partial charge in [-0.1, -0.05) is 23.5 Å². The van der Waals surface area contributed by atoms with E-state index in [9.17, 15) is 14.1 Å². The molecule has 37 heavy (non-hydrogen) atoms. The van der Waals surface area contributed by atoms with Crippen molar-refractivity contribution in [3.63, 3.8) is 0 Å². The van der Waals surface area contributed by atoms with Crippen molar-refractivity contribution in [3.05, 3.63) is 0 Å². The molecule has 0 spiro atoms. The van der Waals surface area contributed by atoms with Gasteiger partial charge < -0.3 is 35.0 Å². The van der Waals surface area contributed by atoms with E-state index in [1.807, 2.05) is 0 Å². The van der Waals surface area contributed by atoms with Crippen LogP contribution in [-0.2, 0) is 25.7 Å². The number of hydrogen-bond acceptors (Lipinski definition) is 17. The van der Waals surface area contributed by atoms with Crippen molar-refractivity contribution in [2.24, 2.45) is 9.98 Å². The van der Waals surface area contributed by atoms with Gasteiger partial charge in [-0.05, 0) is 0 Å². The van der Waals surface area contributed by atoms with Gasteiger partial charge in [0.25, 0.3) is 5.24 Å². The number of carbonyl (C=O) groups excluding carboxylic acids is 2. The molecule has 0 aliphatic heterocycles. The lowest BCUT2D eigenvalue weighted by Crippen LogP contribution is -2.24. The number of amides is 2. The van der Waals surface area contributed by atoms with Crippen molar-refractivity contribution in [1.82, 2.24) is 10.6 Å². The largest absolute Gasteiger partial charge is 0.610 e. The molecule has 20 heteroatoms. The number of thioether (sulfide) groups is 7. The van der Waals surface area contributed by atoms with Crippen molar-refractivity contribution in [2.45, 2.75) is 0 Å². The Kier molecular flexibility index (Phi) is 31.5. The second-order valence-electron chi connectivity index (χ2n) is 5.60. The molecule has 1 atom stereocenters. The van der Waals surface area contributed by atoms with E-state index in [1.54, 1.807) is 47.0 Å². The minimum atomic E-state index is -1.14. The van der Waals surface area contributed by atoms with Crippen LogP contribution in [0.5, 0.6) is 0 Å². The van der Waals surface area contributed by atoms with E-state index in [4.69, 9.17) is 10.2 Å². The van der Waals surface area contributed by atoms with E-state index in [1.165, 1.54) is 47.2 Å². The third-order valence-corrected chi connectivity index (χ3v) is 11.7. The van der Waals surface area contributed by atoms with Gasteiger partial charge >= 0.3 is 6.09 Å². The first-order valence-corrected chi connectivity index (χ1v) is 19.5. The molecule has 0 fully saturated rings. The smallest absolute Gasteiger partial charge is 0.407 e.